The number of hydrogen-bond acceptors (Lipinski definition) is 4. The van der Waals surface area contributed by atoms with Crippen LogP contribution in [0.3, 0.4) is 0 Å². The van der Waals surface area contributed by atoms with Crippen molar-refractivity contribution in [3.05, 3.63) is 83.7 Å². The maximum absolute atomic E-state index is 13.4. The predicted octanol–water partition coefficient (Wildman–Crippen LogP) is 4.86. The van der Waals surface area contributed by atoms with Crippen molar-refractivity contribution in [1.29, 1.82) is 0 Å². The van der Waals surface area contributed by atoms with Crippen LogP contribution in [0.4, 0.5) is 20.6 Å². The number of benzene rings is 3. The number of nitrogens with one attached hydrogen (secondary N) is 1. The van der Waals surface area contributed by atoms with Crippen LogP contribution < -0.4 is 19.7 Å². The summed E-state index contributed by atoms with van der Waals surface area (Å²) in [6, 6.07) is 18.5. The van der Waals surface area contributed by atoms with Gasteiger partial charge in [-0.1, -0.05) is 24.3 Å². The first-order valence-electron chi connectivity index (χ1n) is 11.4. The number of carbonyl (C=O) groups excluding carboxylic acids is 2. The fourth-order valence-corrected chi connectivity index (χ4v) is 4.06. The first-order valence-corrected chi connectivity index (χ1v) is 11.4. The molecule has 3 amide bonds. The molecule has 0 spiro atoms. The molecule has 182 valence electrons. The number of amides is 3. The molecule has 0 radical (unpaired) electrons. The van der Waals surface area contributed by atoms with Gasteiger partial charge in [-0.2, -0.15) is 0 Å². The zero-order valence-electron chi connectivity index (χ0n) is 19.8. The third-order valence-electron chi connectivity index (χ3n) is 5.89. The van der Waals surface area contributed by atoms with E-state index in [1.807, 2.05) is 24.3 Å². The molecule has 0 aliphatic carbocycles. The number of halogens is 1. The quantitative estimate of drug-likeness (QED) is 0.503. The normalized spacial score (nSPS) is 13.5. The Balaban J connectivity index is 1.52. The smallest absolute Gasteiger partial charge is 0.324 e. The highest BCUT2D eigenvalue weighted by atomic mass is 19.1. The average Bonchev–Trinajstić information content (AvgIpc) is 2.87. The molecule has 4 rings (SSSR count). The molecule has 3 aromatic carbocycles. The Labute approximate surface area is 204 Å². The van der Waals surface area contributed by atoms with Gasteiger partial charge in [0.25, 0.3) is 0 Å². The molecule has 1 aliphatic rings. The highest BCUT2D eigenvalue weighted by molar-refractivity contribution is 6.01. The summed E-state index contributed by atoms with van der Waals surface area (Å²) < 4.78 is 23.7. The van der Waals surface area contributed by atoms with Gasteiger partial charge in [0.15, 0.2) is 0 Å². The summed E-state index contributed by atoms with van der Waals surface area (Å²) >= 11 is 0. The van der Waals surface area contributed by atoms with Gasteiger partial charge in [0, 0.05) is 25.7 Å². The van der Waals surface area contributed by atoms with E-state index in [-0.39, 0.29) is 24.2 Å². The van der Waals surface area contributed by atoms with Gasteiger partial charge < -0.3 is 19.7 Å². The van der Waals surface area contributed by atoms with E-state index in [9.17, 15) is 14.0 Å². The van der Waals surface area contributed by atoms with Crippen molar-refractivity contribution < 1.29 is 23.5 Å². The minimum Gasteiger partial charge on any atom is -0.497 e. The molecule has 1 aliphatic heterocycles. The van der Waals surface area contributed by atoms with E-state index in [0.717, 1.165) is 17.7 Å². The van der Waals surface area contributed by atoms with Gasteiger partial charge in [-0.25, -0.2) is 9.18 Å². The zero-order chi connectivity index (χ0) is 24.8. The fourth-order valence-electron chi connectivity index (χ4n) is 4.06. The molecular weight excluding hydrogens is 449 g/mol. The maximum atomic E-state index is 13.4. The summed E-state index contributed by atoms with van der Waals surface area (Å²) in [6.45, 7) is 1.65. The number of rotatable bonds is 8. The predicted molar refractivity (Wildman–Crippen MR) is 132 cm³/mol. The van der Waals surface area contributed by atoms with Gasteiger partial charge in [0.1, 0.15) is 17.3 Å². The van der Waals surface area contributed by atoms with Crippen molar-refractivity contribution in [2.45, 2.75) is 19.4 Å². The van der Waals surface area contributed by atoms with Crippen LogP contribution in [-0.2, 0) is 17.8 Å². The highest BCUT2D eigenvalue weighted by Gasteiger charge is 2.29. The average molecular weight is 478 g/mol. The molecular formula is C27H28FN3O4. The van der Waals surface area contributed by atoms with Crippen LogP contribution in [0.2, 0.25) is 0 Å². The third-order valence-corrected chi connectivity index (χ3v) is 5.89. The van der Waals surface area contributed by atoms with E-state index in [1.54, 1.807) is 54.4 Å². The molecule has 0 atom stereocenters. The molecule has 35 heavy (non-hydrogen) atoms. The molecule has 0 bridgehead atoms. The Morgan fingerprint density at radius 1 is 0.914 bits per heavy atom. The molecule has 0 unspecified atom stereocenters. The number of ether oxygens (including phenoxy) is 2. The summed E-state index contributed by atoms with van der Waals surface area (Å²) in [6.07, 6.45) is 0.866. The Morgan fingerprint density at radius 3 is 2.26 bits per heavy atom. The summed E-state index contributed by atoms with van der Waals surface area (Å²) in [5.41, 5.74) is 2.77. The number of carbonyl (C=O) groups is 2. The molecule has 1 heterocycles. The first kappa shape index (κ1) is 24.1. The van der Waals surface area contributed by atoms with Crippen molar-refractivity contribution in [2.75, 3.05) is 37.5 Å². The molecule has 0 aromatic heterocycles. The maximum Gasteiger partial charge on any atom is 0.324 e. The molecule has 8 heteroatoms. The largest absolute Gasteiger partial charge is 0.497 e. The summed E-state index contributed by atoms with van der Waals surface area (Å²) in [5, 5.41) is 2.90. The lowest BCUT2D eigenvalue weighted by Gasteiger charge is -2.36. The van der Waals surface area contributed by atoms with E-state index >= 15 is 0 Å². The second kappa shape index (κ2) is 10.9. The Bertz CT molecular complexity index is 1180. The lowest BCUT2D eigenvalue weighted by Crippen LogP contribution is -2.49. The van der Waals surface area contributed by atoms with E-state index in [0.29, 0.717) is 42.3 Å². The monoisotopic (exact) mass is 477 g/mol. The Morgan fingerprint density at radius 2 is 1.57 bits per heavy atom. The number of urea groups is 1. The Hall–Kier alpha value is -4.07. The molecule has 3 aromatic rings. The number of anilines is 2. The molecule has 0 saturated carbocycles. The van der Waals surface area contributed by atoms with E-state index in [1.165, 1.54) is 12.1 Å². The minimum absolute atomic E-state index is 0.0778. The summed E-state index contributed by atoms with van der Waals surface area (Å²) in [7, 11) is 3.16. The topological polar surface area (TPSA) is 71.1 Å². The van der Waals surface area contributed by atoms with Crippen LogP contribution in [0.5, 0.6) is 11.5 Å². The molecule has 1 N–H and O–H groups in total. The van der Waals surface area contributed by atoms with Gasteiger partial charge in [0.2, 0.25) is 5.91 Å². The van der Waals surface area contributed by atoms with Crippen molar-refractivity contribution in [1.82, 2.24) is 4.90 Å². The van der Waals surface area contributed by atoms with Crippen molar-refractivity contribution >= 4 is 23.3 Å². The van der Waals surface area contributed by atoms with Crippen molar-refractivity contribution in [3.63, 3.8) is 0 Å². The second-order valence-electron chi connectivity index (χ2n) is 8.29. The first-order chi connectivity index (χ1) is 17.0. The van der Waals surface area contributed by atoms with Crippen LogP contribution in [0, 0.1) is 5.82 Å². The van der Waals surface area contributed by atoms with Crippen molar-refractivity contribution in [2.24, 2.45) is 0 Å². The SMILES string of the molecule is COc1ccc(CN2CCCN(c3ccc(OC)cc3NC(=O)Cc3ccc(F)cc3)C2=O)cc1. The standard InChI is InChI=1S/C27H28FN3O4/c1-34-22-10-6-20(7-11-22)18-30-14-3-15-31(27(30)33)25-13-12-23(35-2)17-24(25)29-26(32)16-19-4-8-21(28)9-5-19/h4-13,17H,3,14-16,18H2,1-2H3,(H,29,32). The van der Waals surface area contributed by atoms with E-state index in [2.05, 4.69) is 5.32 Å². The summed E-state index contributed by atoms with van der Waals surface area (Å²) in [4.78, 5) is 29.7. The van der Waals surface area contributed by atoms with E-state index < -0.39 is 0 Å². The number of hydrogen-bond donors (Lipinski definition) is 1. The molecule has 1 fully saturated rings. The van der Waals surface area contributed by atoms with Crippen LogP contribution >= 0.6 is 0 Å². The van der Waals surface area contributed by atoms with Crippen LogP contribution in [0.25, 0.3) is 0 Å². The number of nitrogens with zero attached hydrogens (tertiary/aromatic N) is 2. The van der Waals surface area contributed by atoms with Crippen LogP contribution in [0.15, 0.2) is 66.7 Å². The Kier molecular flexibility index (Phi) is 7.50. The second-order valence-corrected chi connectivity index (χ2v) is 8.29. The minimum atomic E-state index is -0.355. The lowest BCUT2D eigenvalue weighted by atomic mass is 10.1. The molecule has 7 nitrogen and oxygen atoms in total. The zero-order valence-corrected chi connectivity index (χ0v) is 19.8. The van der Waals surface area contributed by atoms with Crippen LogP contribution in [-0.4, -0.2) is 44.1 Å². The summed E-state index contributed by atoms with van der Waals surface area (Å²) in [5.74, 6) is 0.697. The van der Waals surface area contributed by atoms with Gasteiger partial charge in [-0.3, -0.25) is 9.69 Å². The van der Waals surface area contributed by atoms with Gasteiger partial charge in [0.05, 0.1) is 32.0 Å². The highest BCUT2D eigenvalue weighted by Crippen LogP contribution is 2.33. The number of methoxy groups -OCH3 is 2. The third kappa shape index (κ3) is 5.90. The van der Waals surface area contributed by atoms with Crippen LogP contribution in [0.1, 0.15) is 17.5 Å². The fraction of sp³-hybridized carbons (Fsp3) is 0.259. The van der Waals surface area contributed by atoms with Gasteiger partial charge in [-0.05, 0) is 53.9 Å². The molecule has 1 saturated heterocycles. The van der Waals surface area contributed by atoms with Gasteiger partial charge in [-0.15, -0.1) is 0 Å². The van der Waals surface area contributed by atoms with Gasteiger partial charge >= 0.3 is 6.03 Å². The lowest BCUT2D eigenvalue weighted by molar-refractivity contribution is -0.115. The van der Waals surface area contributed by atoms with E-state index in [4.69, 9.17) is 9.47 Å². The van der Waals surface area contributed by atoms with Crippen molar-refractivity contribution in [3.8, 4) is 11.5 Å².